The van der Waals surface area contributed by atoms with Crippen LogP contribution in [0, 0.1) is 6.92 Å². The SMILES string of the molecule is CCOC(=O)c1cc(-c2cc(OC)ccc2OC)cc(-c2ccc(C)cc2)n1. The number of methoxy groups -OCH3 is 2. The minimum Gasteiger partial charge on any atom is -0.497 e. The van der Waals surface area contributed by atoms with Gasteiger partial charge in [0.1, 0.15) is 17.2 Å². The summed E-state index contributed by atoms with van der Waals surface area (Å²) in [5.41, 5.74) is 4.61. The van der Waals surface area contributed by atoms with Crippen LogP contribution in [0.15, 0.2) is 54.6 Å². The molecule has 0 atom stereocenters. The Labute approximate surface area is 164 Å². The van der Waals surface area contributed by atoms with Crippen LogP contribution in [0.4, 0.5) is 0 Å². The van der Waals surface area contributed by atoms with Crippen LogP contribution in [0.1, 0.15) is 23.0 Å². The van der Waals surface area contributed by atoms with Crippen LogP contribution in [0.2, 0.25) is 0 Å². The summed E-state index contributed by atoms with van der Waals surface area (Å²) >= 11 is 0. The fraction of sp³-hybridized carbons (Fsp3) is 0.217. The maximum absolute atomic E-state index is 12.4. The molecule has 3 aromatic rings. The Morgan fingerprint density at radius 1 is 0.929 bits per heavy atom. The van der Waals surface area contributed by atoms with Crippen LogP contribution in [0.25, 0.3) is 22.4 Å². The summed E-state index contributed by atoms with van der Waals surface area (Å²) in [6.07, 6.45) is 0. The number of carbonyl (C=O) groups excluding carboxylic acids is 1. The molecule has 144 valence electrons. The van der Waals surface area contributed by atoms with Gasteiger partial charge in [-0.2, -0.15) is 0 Å². The summed E-state index contributed by atoms with van der Waals surface area (Å²) in [7, 11) is 3.22. The van der Waals surface area contributed by atoms with Crippen LogP contribution in [-0.4, -0.2) is 31.8 Å². The first-order chi connectivity index (χ1) is 13.5. The van der Waals surface area contributed by atoms with Crippen molar-refractivity contribution in [2.24, 2.45) is 0 Å². The molecule has 3 rings (SSSR count). The molecule has 0 radical (unpaired) electrons. The second-order valence-electron chi connectivity index (χ2n) is 6.28. The van der Waals surface area contributed by atoms with E-state index >= 15 is 0 Å². The van der Waals surface area contributed by atoms with Crippen LogP contribution < -0.4 is 9.47 Å². The van der Waals surface area contributed by atoms with Crippen molar-refractivity contribution in [2.45, 2.75) is 13.8 Å². The van der Waals surface area contributed by atoms with Gasteiger partial charge in [0.15, 0.2) is 0 Å². The van der Waals surface area contributed by atoms with Gasteiger partial charge in [-0.3, -0.25) is 0 Å². The number of aryl methyl sites for hydroxylation is 1. The van der Waals surface area contributed by atoms with Gasteiger partial charge >= 0.3 is 5.97 Å². The van der Waals surface area contributed by atoms with E-state index in [4.69, 9.17) is 14.2 Å². The van der Waals surface area contributed by atoms with E-state index in [9.17, 15) is 4.79 Å². The second kappa shape index (κ2) is 8.57. The molecule has 1 aromatic heterocycles. The van der Waals surface area contributed by atoms with E-state index in [1.54, 1.807) is 27.2 Å². The van der Waals surface area contributed by atoms with E-state index in [2.05, 4.69) is 4.98 Å². The fourth-order valence-electron chi connectivity index (χ4n) is 2.91. The van der Waals surface area contributed by atoms with Crippen molar-refractivity contribution in [3.63, 3.8) is 0 Å². The first-order valence-electron chi connectivity index (χ1n) is 9.04. The van der Waals surface area contributed by atoms with Crippen molar-refractivity contribution in [1.82, 2.24) is 4.98 Å². The highest BCUT2D eigenvalue weighted by Gasteiger charge is 2.16. The number of hydrogen-bond acceptors (Lipinski definition) is 5. The third kappa shape index (κ3) is 4.14. The number of aromatic nitrogens is 1. The maximum Gasteiger partial charge on any atom is 0.356 e. The first-order valence-corrected chi connectivity index (χ1v) is 9.04. The molecule has 0 spiro atoms. The van der Waals surface area contributed by atoms with Gasteiger partial charge in [-0.1, -0.05) is 29.8 Å². The van der Waals surface area contributed by atoms with Crippen molar-refractivity contribution in [1.29, 1.82) is 0 Å². The van der Waals surface area contributed by atoms with E-state index in [1.807, 2.05) is 55.5 Å². The predicted octanol–water partition coefficient (Wildman–Crippen LogP) is 4.92. The summed E-state index contributed by atoms with van der Waals surface area (Å²) in [6.45, 7) is 4.08. The molecule has 0 aliphatic rings. The van der Waals surface area contributed by atoms with Gasteiger partial charge in [-0.05, 0) is 49.7 Å². The molecule has 5 nitrogen and oxygen atoms in total. The molecule has 0 saturated heterocycles. The summed E-state index contributed by atoms with van der Waals surface area (Å²) in [5, 5.41) is 0. The quantitative estimate of drug-likeness (QED) is 0.571. The number of benzene rings is 2. The maximum atomic E-state index is 12.4. The van der Waals surface area contributed by atoms with Crippen molar-refractivity contribution in [3.05, 3.63) is 65.9 Å². The lowest BCUT2D eigenvalue weighted by molar-refractivity contribution is 0.0519. The predicted molar refractivity (Wildman–Crippen MR) is 109 cm³/mol. The molecule has 0 aliphatic heterocycles. The molecule has 5 heteroatoms. The number of esters is 1. The first kappa shape index (κ1) is 19.4. The van der Waals surface area contributed by atoms with E-state index < -0.39 is 5.97 Å². The minimum atomic E-state index is -0.459. The third-order valence-electron chi connectivity index (χ3n) is 4.37. The lowest BCUT2D eigenvalue weighted by atomic mass is 10.0. The molecule has 0 amide bonds. The van der Waals surface area contributed by atoms with Crippen LogP contribution in [0.5, 0.6) is 11.5 Å². The van der Waals surface area contributed by atoms with Gasteiger partial charge in [0.05, 0.1) is 26.5 Å². The third-order valence-corrected chi connectivity index (χ3v) is 4.37. The number of ether oxygens (including phenoxy) is 3. The van der Waals surface area contributed by atoms with Gasteiger partial charge in [0.2, 0.25) is 0 Å². The Balaban J connectivity index is 2.20. The lowest BCUT2D eigenvalue weighted by Gasteiger charge is -2.13. The highest BCUT2D eigenvalue weighted by atomic mass is 16.5. The largest absolute Gasteiger partial charge is 0.497 e. The summed E-state index contributed by atoms with van der Waals surface area (Å²) < 4.78 is 16.0. The Morgan fingerprint density at radius 2 is 1.68 bits per heavy atom. The van der Waals surface area contributed by atoms with Gasteiger partial charge in [0.25, 0.3) is 0 Å². The van der Waals surface area contributed by atoms with Crippen LogP contribution >= 0.6 is 0 Å². The van der Waals surface area contributed by atoms with Gasteiger partial charge < -0.3 is 14.2 Å². The number of carbonyl (C=O) groups is 1. The Kier molecular flexibility index (Phi) is 5.94. The zero-order valence-corrected chi connectivity index (χ0v) is 16.5. The fourth-order valence-corrected chi connectivity index (χ4v) is 2.91. The number of hydrogen-bond donors (Lipinski definition) is 0. The van der Waals surface area contributed by atoms with Crippen LogP contribution in [-0.2, 0) is 4.74 Å². The minimum absolute atomic E-state index is 0.250. The summed E-state index contributed by atoms with van der Waals surface area (Å²) in [6, 6.07) is 17.2. The van der Waals surface area contributed by atoms with Gasteiger partial charge in [0, 0.05) is 11.1 Å². The van der Waals surface area contributed by atoms with Crippen LogP contribution in [0.3, 0.4) is 0 Å². The summed E-state index contributed by atoms with van der Waals surface area (Å²) in [4.78, 5) is 16.9. The lowest BCUT2D eigenvalue weighted by Crippen LogP contribution is -2.08. The van der Waals surface area contributed by atoms with E-state index in [0.29, 0.717) is 17.2 Å². The molecule has 2 aromatic carbocycles. The number of nitrogens with zero attached hydrogens (tertiary/aromatic N) is 1. The molecule has 0 bridgehead atoms. The second-order valence-corrected chi connectivity index (χ2v) is 6.28. The average molecular weight is 377 g/mol. The zero-order valence-electron chi connectivity index (χ0n) is 16.5. The zero-order chi connectivity index (χ0) is 20.1. The Bertz CT molecular complexity index is 980. The van der Waals surface area contributed by atoms with Crippen molar-refractivity contribution >= 4 is 5.97 Å². The monoisotopic (exact) mass is 377 g/mol. The van der Waals surface area contributed by atoms with Gasteiger partial charge in [-0.15, -0.1) is 0 Å². The average Bonchev–Trinajstić information content (AvgIpc) is 2.73. The molecular formula is C23H23NO4. The Hall–Kier alpha value is -3.34. The standard InChI is InChI=1S/C23H23NO4/c1-5-28-23(25)21-13-17(19-14-18(26-3)10-11-22(19)27-4)12-20(24-21)16-8-6-15(2)7-9-16/h6-14H,5H2,1-4H3. The van der Waals surface area contributed by atoms with Gasteiger partial charge in [-0.25, -0.2) is 9.78 Å². The molecule has 0 saturated carbocycles. The molecule has 1 heterocycles. The topological polar surface area (TPSA) is 57.7 Å². The normalized spacial score (nSPS) is 10.4. The van der Waals surface area contributed by atoms with E-state index in [1.165, 1.54) is 0 Å². The van der Waals surface area contributed by atoms with E-state index in [-0.39, 0.29) is 12.3 Å². The molecule has 28 heavy (non-hydrogen) atoms. The van der Waals surface area contributed by atoms with E-state index in [0.717, 1.165) is 22.3 Å². The highest BCUT2D eigenvalue weighted by Crippen LogP contribution is 2.35. The molecular weight excluding hydrogens is 354 g/mol. The number of rotatable bonds is 6. The van der Waals surface area contributed by atoms with Crippen molar-refractivity contribution in [3.8, 4) is 33.9 Å². The molecule has 0 aliphatic carbocycles. The molecule has 0 unspecified atom stereocenters. The summed E-state index contributed by atoms with van der Waals surface area (Å²) in [5.74, 6) is 0.915. The highest BCUT2D eigenvalue weighted by molar-refractivity contribution is 5.91. The molecule has 0 N–H and O–H groups in total. The Morgan fingerprint density at radius 3 is 2.32 bits per heavy atom. The number of pyridine rings is 1. The van der Waals surface area contributed by atoms with Crippen molar-refractivity contribution < 1.29 is 19.0 Å². The van der Waals surface area contributed by atoms with Crippen molar-refractivity contribution in [2.75, 3.05) is 20.8 Å². The molecule has 0 fully saturated rings. The smallest absolute Gasteiger partial charge is 0.356 e.